The highest BCUT2D eigenvalue weighted by molar-refractivity contribution is 6.00. The number of carbonyl (C=O) groups is 2. The van der Waals surface area contributed by atoms with E-state index in [1.807, 2.05) is 6.92 Å². The van der Waals surface area contributed by atoms with Crippen LogP contribution in [0.15, 0.2) is 32.2 Å². The molecule has 12 heteroatoms. The number of unbranched alkanes of at least 4 members (excludes halogenated alkanes) is 1. The number of hydrogen-bond donors (Lipinski definition) is 2. The van der Waals surface area contributed by atoms with Crippen molar-refractivity contribution >= 4 is 34.4 Å². The van der Waals surface area contributed by atoms with Gasteiger partial charge in [0.25, 0.3) is 11.5 Å². The molecule has 0 atom stereocenters. The number of anilines is 2. The van der Waals surface area contributed by atoms with E-state index in [1.54, 1.807) is 13.0 Å². The average molecular weight is 490 g/mol. The van der Waals surface area contributed by atoms with Gasteiger partial charge < -0.3 is 19.6 Å². The molecule has 188 valence electrons. The molecule has 1 aromatic carbocycles. The van der Waals surface area contributed by atoms with E-state index in [0.717, 1.165) is 11.3 Å². The van der Waals surface area contributed by atoms with Gasteiger partial charge in [0, 0.05) is 31.1 Å². The zero-order valence-corrected chi connectivity index (χ0v) is 19.7. The molecular formula is C23H27FN4O7. The lowest BCUT2D eigenvalue weighted by Crippen LogP contribution is -2.44. The summed E-state index contributed by atoms with van der Waals surface area (Å²) in [5.74, 6) is -2.83. The van der Waals surface area contributed by atoms with E-state index < -0.39 is 35.5 Å². The molecule has 2 heterocycles. The van der Waals surface area contributed by atoms with E-state index in [-0.39, 0.29) is 42.5 Å². The van der Waals surface area contributed by atoms with E-state index >= 15 is 0 Å². The Labute approximate surface area is 199 Å². The summed E-state index contributed by atoms with van der Waals surface area (Å²) in [5, 5.41) is 0.402. The van der Waals surface area contributed by atoms with Crippen LogP contribution in [0, 0.1) is 12.7 Å². The molecule has 0 saturated carbocycles. The molecule has 3 rings (SSSR count). The second-order valence-electron chi connectivity index (χ2n) is 7.79. The number of benzene rings is 1. The highest BCUT2D eigenvalue weighted by Crippen LogP contribution is 2.27. The molecule has 35 heavy (non-hydrogen) atoms. The quantitative estimate of drug-likeness (QED) is 0.410. The molecule has 0 bridgehead atoms. The third-order valence-corrected chi connectivity index (χ3v) is 5.47. The summed E-state index contributed by atoms with van der Waals surface area (Å²) in [4.78, 5) is 53.6. The van der Waals surface area contributed by atoms with Crippen molar-refractivity contribution in [3.8, 4) is 0 Å². The first kappa shape index (κ1) is 25.7. The number of nitrogens with zero attached hydrogens (tertiary/aromatic N) is 2. The predicted molar refractivity (Wildman–Crippen MR) is 126 cm³/mol. The number of nitrogens with one attached hydrogen (secondary N) is 1. The lowest BCUT2D eigenvalue weighted by atomic mass is 10.1. The van der Waals surface area contributed by atoms with E-state index in [4.69, 9.17) is 19.6 Å². The van der Waals surface area contributed by atoms with Crippen LogP contribution in [0.1, 0.15) is 35.9 Å². The number of esters is 1. The molecule has 0 unspecified atom stereocenters. The van der Waals surface area contributed by atoms with Gasteiger partial charge in [-0.05, 0) is 19.4 Å². The minimum atomic E-state index is -0.979. The average Bonchev–Trinajstić information content (AvgIpc) is 3.17. The SMILES string of the molecule is CCCCn1c(N)c(N(CCOC)C(=O)COC(=O)c2oc3c(F)cccc3c2C)c(=O)[nH]c1=O. The highest BCUT2D eigenvalue weighted by atomic mass is 19.1. The monoisotopic (exact) mass is 490 g/mol. The summed E-state index contributed by atoms with van der Waals surface area (Å²) in [5.41, 5.74) is 4.57. The zero-order chi connectivity index (χ0) is 25.7. The maximum absolute atomic E-state index is 14.0. The van der Waals surface area contributed by atoms with Crippen molar-refractivity contribution in [2.45, 2.75) is 33.2 Å². The number of methoxy groups -OCH3 is 1. The first-order valence-electron chi connectivity index (χ1n) is 11.0. The van der Waals surface area contributed by atoms with Crippen LogP contribution in [0.3, 0.4) is 0 Å². The van der Waals surface area contributed by atoms with Crippen molar-refractivity contribution in [3.05, 3.63) is 56.2 Å². The second kappa shape index (κ2) is 11.0. The minimum absolute atomic E-state index is 0.0363. The second-order valence-corrected chi connectivity index (χ2v) is 7.79. The van der Waals surface area contributed by atoms with Crippen LogP contribution in [-0.4, -0.2) is 48.3 Å². The zero-order valence-electron chi connectivity index (χ0n) is 19.7. The van der Waals surface area contributed by atoms with Gasteiger partial charge in [0.15, 0.2) is 23.7 Å². The Kier molecular flexibility index (Phi) is 8.07. The van der Waals surface area contributed by atoms with Gasteiger partial charge in [0.05, 0.1) is 6.61 Å². The van der Waals surface area contributed by atoms with Crippen molar-refractivity contribution in [2.75, 3.05) is 37.5 Å². The fraction of sp³-hybridized carbons (Fsp3) is 0.391. The van der Waals surface area contributed by atoms with Gasteiger partial charge in [-0.25, -0.2) is 14.0 Å². The molecule has 0 radical (unpaired) electrons. The molecule has 2 aromatic heterocycles. The Balaban J connectivity index is 1.87. The molecule has 1 amide bonds. The third-order valence-electron chi connectivity index (χ3n) is 5.47. The maximum atomic E-state index is 14.0. The highest BCUT2D eigenvalue weighted by Gasteiger charge is 2.27. The molecule has 3 aromatic rings. The Morgan fingerprint density at radius 2 is 2.03 bits per heavy atom. The number of hydrogen-bond acceptors (Lipinski definition) is 8. The van der Waals surface area contributed by atoms with Crippen LogP contribution in [0.4, 0.5) is 15.9 Å². The minimum Gasteiger partial charge on any atom is -0.450 e. The Morgan fingerprint density at radius 3 is 2.69 bits per heavy atom. The van der Waals surface area contributed by atoms with Crippen molar-refractivity contribution in [3.63, 3.8) is 0 Å². The number of aromatic amines is 1. The van der Waals surface area contributed by atoms with Crippen molar-refractivity contribution in [1.29, 1.82) is 0 Å². The number of fused-ring (bicyclic) bond motifs is 1. The molecule has 11 nitrogen and oxygen atoms in total. The molecule has 0 saturated heterocycles. The van der Waals surface area contributed by atoms with Gasteiger partial charge >= 0.3 is 11.7 Å². The van der Waals surface area contributed by atoms with Crippen LogP contribution >= 0.6 is 0 Å². The van der Waals surface area contributed by atoms with Gasteiger partial charge in [-0.1, -0.05) is 25.5 Å². The molecular weight excluding hydrogens is 463 g/mol. The fourth-order valence-electron chi connectivity index (χ4n) is 3.59. The topological polar surface area (TPSA) is 150 Å². The number of carbonyl (C=O) groups excluding carboxylic acids is 2. The number of nitrogen functional groups attached to an aromatic ring is 1. The van der Waals surface area contributed by atoms with E-state index in [9.17, 15) is 23.6 Å². The lowest BCUT2D eigenvalue weighted by molar-refractivity contribution is -0.121. The maximum Gasteiger partial charge on any atom is 0.375 e. The van der Waals surface area contributed by atoms with Gasteiger partial charge in [0.1, 0.15) is 5.82 Å². The van der Waals surface area contributed by atoms with Gasteiger partial charge in [-0.3, -0.25) is 24.0 Å². The molecule has 0 spiro atoms. The summed E-state index contributed by atoms with van der Waals surface area (Å²) in [7, 11) is 1.40. The van der Waals surface area contributed by atoms with Crippen molar-refractivity contribution in [1.82, 2.24) is 9.55 Å². The third kappa shape index (κ3) is 5.27. The van der Waals surface area contributed by atoms with Crippen LogP contribution in [0.2, 0.25) is 0 Å². The van der Waals surface area contributed by atoms with Gasteiger partial charge in [-0.15, -0.1) is 0 Å². The van der Waals surface area contributed by atoms with Crippen LogP contribution in [0.5, 0.6) is 0 Å². The van der Waals surface area contributed by atoms with Crippen LogP contribution in [-0.2, 0) is 20.8 Å². The summed E-state index contributed by atoms with van der Waals surface area (Å²) in [6.45, 7) is 2.90. The normalized spacial score (nSPS) is 11.1. The molecule has 3 N–H and O–H groups in total. The summed E-state index contributed by atoms with van der Waals surface area (Å²) >= 11 is 0. The smallest absolute Gasteiger partial charge is 0.375 e. The number of halogens is 1. The number of aryl methyl sites for hydroxylation is 1. The first-order chi connectivity index (χ1) is 16.7. The molecule has 0 aliphatic rings. The number of furan rings is 1. The number of aromatic nitrogens is 2. The number of rotatable bonds is 10. The van der Waals surface area contributed by atoms with Crippen LogP contribution < -0.4 is 21.9 Å². The summed E-state index contributed by atoms with van der Waals surface area (Å²) in [6.07, 6.45) is 1.39. The van der Waals surface area contributed by atoms with Gasteiger partial charge in [0.2, 0.25) is 5.76 Å². The molecule has 0 fully saturated rings. The number of nitrogens with two attached hydrogens (primary N) is 1. The van der Waals surface area contributed by atoms with Crippen molar-refractivity contribution < 1.29 is 27.9 Å². The Morgan fingerprint density at radius 1 is 1.29 bits per heavy atom. The largest absolute Gasteiger partial charge is 0.450 e. The summed E-state index contributed by atoms with van der Waals surface area (Å²) < 4.78 is 30.6. The number of para-hydroxylation sites is 1. The predicted octanol–water partition coefficient (Wildman–Crippen LogP) is 1.95. The first-order valence-corrected chi connectivity index (χ1v) is 11.0. The Bertz CT molecular complexity index is 1360. The lowest BCUT2D eigenvalue weighted by Gasteiger charge is -2.24. The Hall–Kier alpha value is -3.93. The number of H-pyrrole nitrogens is 1. The van der Waals surface area contributed by atoms with Gasteiger partial charge in [-0.2, -0.15) is 0 Å². The fourth-order valence-corrected chi connectivity index (χ4v) is 3.59. The molecule has 0 aliphatic heterocycles. The van der Waals surface area contributed by atoms with Crippen molar-refractivity contribution in [2.24, 2.45) is 0 Å². The van der Waals surface area contributed by atoms with E-state index in [1.165, 1.54) is 23.8 Å². The number of ether oxygens (including phenoxy) is 2. The van der Waals surface area contributed by atoms with E-state index in [2.05, 4.69) is 4.98 Å². The standard InChI is InChI=1S/C23H27FN4O7/c1-4-5-9-28-20(25)17(21(30)26-23(28)32)27(10-11-33-3)16(29)12-34-22(31)18-13(2)14-7-6-8-15(24)19(14)35-18/h6-8H,4-5,9-12,25H2,1-3H3,(H,26,30,32). The number of amides is 1. The summed E-state index contributed by atoms with van der Waals surface area (Å²) in [6, 6.07) is 4.27. The van der Waals surface area contributed by atoms with E-state index in [0.29, 0.717) is 17.4 Å². The van der Waals surface area contributed by atoms with Crippen LogP contribution in [0.25, 0.3) is 11.0 Å². The molecule has 0 aliphatic carbocycles.